The van der Waals surface area contributed by atoms with Crippen molar-refractivity contribution >= 4 is 55.8 Å². The molecule has 66 heavy (non-hydrogen) atoms. The van der Waals surface area contributed by atoms with Gasteiger partial charge in [-0.25, -0.2) is 31.7 Å². The Kier molecular flexibility index (Phi) is 12.0. The summed E-state index contributed by atoms with van der Waals surface area (Å²) in [6, 6.07) is 13.2. The third kappa shape index (κ3) is 8.56. The number of nitrogens with one attached hydrogen (secondary N) is 2. The number of carbonyl (C=O) groups is 2. The Balaban J connectivity index is 0.865. The molecule has 0 spiro atoms. The normalized spacial score (nSPS) is 15.8. The number of rotatable bonds is 14. The van der Waals surface area contributed by atoms with Gasteiger partial charge >= 0.3 is 6.03 Å². The Hall–Kier alpha value is -6.84. The number of hydrogen-bond acceptors (Lipinski definition) is 13. The highest BCUT2D eigenvalue weighted by Crippen LogP contribution is 2.38. The number of carbonyl (C=O) groups excluding carboxylic acids is 2. The van der Waals surface area contributed by atoms with Crippen LogP contribution in [0.5, 0.6) is 5.75 Å². The molecular weight excluding hydrogens is 875 g/mol. The van der Waals surface area contributed by atoms with Crippen LogP contribution in [0.1, 0.15) is 70.2 Å². The number of amides is 3. The Labute approximate surface area is 378 Å². The zero-order chi connectivity index (χ0) is 46.4. The lowest BCUT2D eigenvalue weighted by Crippen LogP contribution is -2.49. The molecular formula is C45H48F2N12O6S. The Bertz CT molecular complexity index is 3110. The van der Waals surface area contributed by atoms with Crippen molar-refractivity contribution in [2.45, 2.75) is 81.5 Å². The highest BCUT2D eigenvalue weighted by molar-refractivity contribution is 7.91. The molecule has 1 atom stereocenters. The highest BCUT2D eigenvalue weighted by atomic mass is 32.2. The van der Waals surface area contributed by atoms with Crippen molar-refractivity contribution in [3.63, 3.8) is 0 Å². The van der Waals surface area contributed by atoms with Crippen molar-refractivity contribution in [1.82, 2.24) is 49.4 Å². The molecule has 2 fully saturated rings. The summed E-state index contributed by atoms with van der Waals surface area (Å²) in [5.41, 5.74) is 3.05. The van der Waals surface area contributed by atoms with Gasteiger partial charge < -0.3 is 14.8 Å². The first-order valence-corrected chi connectivity index (χ1v) is 23.1. The Morgan fingerprint density at radius 2 is 1.77 bits per heavy atom. The standard InChI is InChI=1S/C45H48F2N12O6S/c1-6-64-27(4)58-24-30(22-49-58)39-41(65-26(2)3)43-52-44(54-59(43)25-48-39)50-36-13-10-32(21-35(36)46)66(62,63)31-9-7-8-28(20-31)23-56-17-14-29(15-18-56)33-11-12-34-40(38(33)47)55(5)53-42(34)57-19-16-37(60)51-45(57)61/h7-13,20-22,24-27,29H,6,14-19,23H2,1-5H3,(H,50,54)(H,51,60,61). The van der Waals surface area contributed by atoms with Gasteiger partial charge in [-0.05, 0) is 107 Å². The van der Waals surface area contributed by atoms with Crippen LogP contribution in [0, 0.1) is 11.6 Å². The number of likely N-dealkylation sites (tertiary alicyclic amines) is 1. The topological polar surface area (TPSA) is 196 Å². The number of aryl methyl sites for hydroxylation is 1. The Morgan fingerprint density at radius 3 is 2.52 bits per heavy atom. The molecule has 0 aliphatic carbocycles. The maximum absolute atomic E-state index is 16.2. The van der Waals surface area contributed by atoms with Gasteiger partial charge in [-0.15, -0.1) is 5.10 Å². The van der Waals surface area contributed by atoms with Crippen molar-refractivity contribution < 1.29 is 36.3 Å². The summed E-state index contributed by atoms with van der Waals surface area (Å²) in [5, 5.41) is 18.9. The molecule has 3 amide bonds. The Morgan fingerprint density at radius 1 is 0.985 bits per heavy atom. The van der Waals surface area contributed by atoms with Crippen LogP contribution in [0.25, 0.3) is 27.8 Å². The van der Waals surface area contributed by atoms with E-state index in [1.54, 1.807) is 48.4 Å². The van der Waals surface area contributed by atoms with Gasteiger partial charge in [-0.3, -0.25) is 24.6 Å². The first kappa shape index (κ1) is 44.4. The lowest BCUT2D eigenvalue weighted by molar-refractivity contribution is -0.120. The second-order valence-corrected chi connectivity index (χ2v) is 18.5. The number of sulfone groups is 1. The third-order valence-electron chi connectivity index (χ3n) is 11.8. The molecule has 18 nitrogen and oxygen atoms in total. The minimum absolute atomic E-state index is 0.0236. The maximum Gasteiger partial charge on any atom is 0.329 e. The van der Waals surface area contributed by atoms with Crippen LogP contribution in [0.3, 0.4) is 0 Å². The predicted octanol–water partition coefficient (Wildman–Crippen LogP) is 6.90. The van der Waals surface area contributed by atoms with Crippen molar-refractivity contribution in [2.24, 2.45) is 7.05 Å². The number of piperidine rings is 1. The monoisotopic (exact) mass is 922 g/mol. The van der Waals surface area contributed by atoms with Crippen molar-refractivity contribution in [2.75, 3.05) is 36.5 Å². The number of nitrogens with zero attached hydrogens (tertiary/aromatic N) is 10. The lowest BCUT2D eigenvalue weighted by atomic mass is 9.88. The smallest absolute Gasteiger partial charge is 0.329 e. The molecule has 3 aromatic carbocycles. The largest absolute Gasteiger partial charge is 0.485 e. The molecule has 0 bridgehead atoms. The summed E-state index contributed by atoms with van der Waals surface area (Å²) in [7, 11) is -2.49. The summed E-state index contributed by atoms with van der Waals surface area (Å²) in [5.74, 6) is -0.965. The fourth-order valence-corrected chi connectivity index (χ4v) is 9.85. The van der Waals surface area contributed by atoms with Crippen LogP contribution in [-0.2, 0) is 33.0 Å². The summed E-state index contributed by atoms with van der Waals surface area (Å²) < 4.78 is 76.1. The van der Waals surface area contributed by atoms with Gasteiger partial charge in [-0.2, -0.15) is 19.7 Å². The average Bonchev–Trinajstić information content (AvgIpc) is 4.03. The average molecular weight is 923 g/mol. The molecule has 2 aliphatic heterocycles. The number of hydrogen-bond donors (Lipinski definition) is 2. The van der Waals surface area contributed by atoms with Gasteiger partial charge in [-0.1, -0.05) is 18.2 Å². The summed E-state index contributed by atoms with van der Waals surface area (Å²) in [6.45, 7) is 9.95. The van der Waals surface area contributed by atoms with Gasteiger partial charge in [0.25, 0.3) is 0 Å². The number of imide groups is 1. The molecule has 2 aliphatic rings. The molecule has 0 radical (unpaired) electrons. The van der Waals surface area contributed by atoms with Gasteiger partial charge in [0.05, 0.1) is 27.8 Å². The minimum Gasteiger partial charge on any atom is -0.485 e. The van der Waals surface area contributed by atoms with Gasteiger partial charge in [0.1, 0.15) is 29.6 Å². The quantitative estimate of drug-likeness (QED) is 0.114. The highest BCUT2D eigenvalue weighted by Gasteiger charge is 2.31. The van der Waals surface area contributed by atoms with Gasteiger partial charge in [0, 0.05) is 50.3 Å². The number of halogens is 2. The molecule has 1 unspecified atom stereocenters. The maximum atomic E-state index is 16.2. The van der Waals surface area contributed by atoms with Crippen LogP contribution >= 0.6 is 0 Å². The fourth-order valence-electron chi connectivity index (χ4n) is 8.51. The molecule has 21 heteroatoms. The van der Waals surface area contributed by atoms with E-state index >= 15 is 8.78 Å². The molecule has 7 aromatic rings. The second kappa shape index (κ2) is 17.9. The zero-order valence-corrected chi connectivity index (χ0v) is 37.7. The van der Waals surface area contributed by atoms with E-state index in [2.05, 4.69) is 40.8 Å². The fraction of sp³-hybridized carbons (Fsp3) is 0.356. The van der Waals surface area contributed by atoms with Crippen LogP contribution in [-0.4, -0.2) is 96.7 Å². The van der Waals surface area contributed by atoms with Crippen molar-refractivity contribution in [1.29, 1.82) is 0 Å². The number of fused-ring (bicyclic) bond motifs is 2. The molecule has 9 rings (SSSR count). The summed E-state index contributed by atoms with van der Waals surface area (Å²) in [4.78, 5) is 36.7. The third-order valence-corrected chi connectivity index (χ3v) is 13.5. The van der Waals surface area contributed by atoms with Gasteiger partial charge in [0.2, 0.25) is 27.3 Å². The minimum atomic E-state index is -4.12. The van der Waals surface area contributed by atoms with Crippen molar-refractivity contribution in [3.8, 4) is 17.0 Å². The van der Waals surface area contributed by atoms with Crippen LogP contribution < -0.4 is 20.3 Å². The first-order valence-electron chi connectivity index (χ1n) is 21.7. The molecule has 344 valence electrons. The molecule has 4 aromatic heterocycles. The molecule has 6 heterocycles. The number of urea groups is 1. The molecule has 2 saturated heterocycles. The van der Waals surface area contributed by atoms with Crippen molar-refractivity contribution in [3.05, 3.63) is 96.1 Å². The van der Waals surface area contributed by atoms with Crippen LogP contribution in [0.2, 0.25) is 0 Å². The predicted molar refractivity (Wildman–Crippen MR) is 239 cm³/mol. The van der Waals surface area contributed by atoms with Gasteiger partial charge in [0.15, 0.2) is 17.4 Å². The van der Waals surface area contributed by atoms with E-state index in [-0.39, 0.29) is 64.1 Å². The van der Waals surface area contributed by atoms with E-state index in [1.165, 1.54) is 38.6 Å². The number of aromatic nitrogens is 8. The van der Waals surface area contributed by atoms with E-state index in [1.807, 2.05) is 33.8 Å². The lowest BCUT2D eigenvalue weighted by Gasteiger charge is -2.32. The van der Waals surface area contributed by atoms with E-state index in [0.717, 1.165) is 11.6 Å². The zero-order valence-electron chi connectivity index (χ0n) is 36.9. The van der Waals surface area contributed by atoms with E-state index in [0.29, 0.717) is 78.5 Å². The van der Waals surface area contributed by atoms with Crippen LogP contribution in [0.4, 0.5) is 31.0 Å². The van der Waals surface area contributed by atoms with E-state index in [4.69, 9.17) is 9.47 Å². The molecule has 2 N–H and O–H groups in total. The number of anilines is 3. The second-order valence-electron chi connectivity index (χ2n) is 16.6. The van der Waals surface area contributed by atoms with E-state index in [9.17, 15) is 18.0 Å². The number of benzene rings is 3. The number of ether oxygens (including phenoxy) is 2. The van der Waals surface area contributed by atoms with Crippen LogP contribution in [0.15, 0.2) is 83.1 Å². The summed E-state index contributed by atoms with van der Waals surface area (Å²) in [6.07, 6.45) is 5.84. The summed E-state index contributed by atoms with van der Waals surface area (Å²) >= 11 is 0. The van der Waals surface area contributed by atoms with E-state index < -0.39 is 27.5 Å². The SMILES string of the molecule is CCOC(C)n1cc(-c2ncn3nc(Nc4ccc(S(=O)(=O)c5cccc(CN6CCC(c7ccc8c(N9CCC(=O)NC9=O)nn(C)c8c7F)CC6)c5)cc4F)nc3c2OC(C)C)cn1. The molecule has 0 saturated carbocycles. The first-order chi connectivity index (χ1) is 31.7.